The SMILES string of the molecule is CC(C)(C)C1=NC2(CCNCC2)C(=O)N1. The van der Waals surface area contributed by atoms with E-state index in [1.807, 2.05) is 0 Å². The largest absolute Gasteiger partial charge is 0.317 e. The summed E-state index contributed by atoms with van der Waals surface area (Å²) in [5.41, 5.74) is -0.530. The Labute approximate surface area is 90.5 Å². The summed E-state index contributed by atoms with van der Waals surface area (Å²) in [7, 11) is 0. The van der Waals surface area contributed by atoms with E-state index >= 15 is 0 Å². The van der Waals surface area contributed by atoms with Crippen LogP contribution in [0.25, 0.3) is 0 Å². The van der Waals surface area contributed by atoms with Crippen molar-refractivity contribution in [3.05, 3.63) is 0 Å². The van der Waals surface area contributed by atoms with Gasteiger partial charge in [-0.25, -0.2) is 0 Å². The summed E-state index contributed by atoms with van der Waals surface area (Å²) in [6.45, 7) is 7.99. The molecule has 2 N–H and O–H groups in total. The molecule has 0 atom stereocenters. The number of nitrogens with one attached hydrogen (secondary N) is 2. The minimum Gasteiger partial charge on any atom is -0.317 e. The highest BCUT2D eigenvalue weighted by Crippen LogP contribution is 2.31. The third-order valence-electron chi connectivity index (χ3n) is 3.12. The van der Waals surface area contributed by atoms with E-state index in [2.05, 4.69) is 36.4 Å². The zero-order valence-corrected chi connectivity index (χ0v) is 9.68. The van der Waals surface area contributed by atoms with Crippen molar-refractivity contribution in [1.29, 1.82) is 0 Å². The number of aliphatic imine (C=N–C) groups is 1. The number of nitrogens with zero attached hydrogens (tertiary/aromatic N) is 1. The maximum absolute atomic E-state index is 12.0. The molecule has 2 heterocycles. The van der Waals surface area contributed by atoms with Crippen molar-refractivity contribution in [2.75, 3.05) is 13.1 Å². The molecule has 0 aromatic carbocycles. The maximum atomic E-state index is 12.0. The summed E-state index contributed by atoms with van der Waals surface area (Å²) >= 11 is 0. The molecule has 2 aliphatic heterocycles. The van der Waals surface area contributed by atoms with Crippen molar-refractivity contribution in [2.24, 2.45) is 10.4 Å². The predicted octanol–water partition coefficient (Wildman–Crippen LogP) is 0.683. The molecule has 0 aromatic rings. The summed E-state index contributed by atoms with van der Waals surface area (Å²) < 4.78 is 0. The number of piperidine rings is 1. The lowest BCUT2D eigenvalue weighted by atomic mass is 9.89. The number of hydrogen-bond donors (Lipinski definition) is 2. The van der Waals surface area contributed by atoms with E-state index in [9.17, 15) is 4.79 Å². The Morgan fingerprint density at radius 3 is 2.33 bits per heavy atom. The molecular weight excluding hydrogens is 190 g/mol. The van der Waals surface area contributed by atoms with Crippen molar-refractivity contribution in [3.63, 3.8) is 0 Å². The first-order chi connectivity index (χ1) is 6.94. The average molecular weight is 209 g/mol. The van der Waals surface area contributed by atoms with Gasteiger partial charge in [0.2, 0.25) is 0 Å². The predicted molar refractivity (Wildman–Crippen MR) is 59.9 cm³/mol. The quantitative estimate of drug-likeness (QED) is 0.616. The zero-order valence-electron chi connectivity index (χ0n) is 9.68. The highest BCUT2D eigenvalue weighted by Gasteiger charge is 2.46. The van der Waals surface area contributed by atoms with Gasteiger partial charge >= 0.3 is 0 Å². The van der Waals surface area contributed by atoms with Gasteiger partial charge in [-0.05, 0) is 25.9 Å². The lowest BCUT2D eigenvalue weighted by Gasteiger charge is -2.28. The number of amides is 1. The van der Waals surface area contributed by atoms with Crippen LogP contribution >= 0.6 is 0 Å². The number of rotatable bonds is 0. The van der Waals surface area contributed by atoms with E-state index in [0.717, 1.165) is 31.8 Å². The van der Waals surface area contributed by atoms with Crippen LogP contribution in [0, 0.1) is 5.41 Å². The second kappa shape index (κ2) is 3.30. The van der Waals surface area contributed by atoms with E-state index < -0.39 is 5.54 Å². The number of amidine groups is 1. The number of carbonyl (C=O) groups excluding carboxylic acids is 1. The van der Waals surface area contributed by atoms with Crippen molar-refractivity contribution in [2.45, 2.75) is 39.2 Å². The Bertz CT molecular complexity index is 308. The fraction of sp³-hybridized carbons (Fsp3) is 0.818. The fourth-order valence-corrected chi connectivity index (χ4v) is 2.05. The summed E-state index contributed by atoms with van der Waals surface area (Å²) in [5, 5.41) is 6.20. The van der Waals surface area contributed by atoms with Crippen LogP contribution in [-0.4, -0.2) is 30.4 Å². The van der Waals surface area contributed by atoms with Crippen LogP contribution in [0.4, 0.5) is 0 Å². The van der Waals surface area contributed by atoms with E-state index in [-0.39, 0.29) is 11.3 Å². The molecular formula is C11H19N3O. The summed E-state index contributed by atoms with van der Waals surface area (Å²) in [5.74, 6) is 0.934. The zero-order chi connectivity index (χ0) is 11.1. The van der Waals surface area contributed by atoms with Gasteiger partial charge in [0.15, 0.2) is 0 Å². The Balaban J connectivity index is 2.26. The molecule has 0 unspecified atom stereocenters. The second-order valence-electron chi connectivity index (χ2n) is 5.45. The van der Waals surface area contributed by atoms with Gasteiger partial charge in [-0.3, -0.25) is 9.79 Å². The van der Waals surface area contributed by atoms with Crippen molar-refractivity contribution >= 4 is 11.7 Å². The molecule has 1 amide bonds. The molecule has 0 saturated carbocycles. The normalized spacial score (nSPS) is 25.3. The van der Waals surface area contributed by atoms with E-state index in [1.165, 1.54) is 0 Å². The lowest BCUT2D eigenvalue weighted by Crippen LogP contribution is -2.47. The molecule has 4 heteroatoms. The van der Waals surface area contributed by atoms with Crippen molar-refractivity contribution in [1.82, 2.24) is 10.6 Å². The van der Waals surface area contributed by atoms with Crippen LogP contribution in [0.2, 0.25) is 0 Å². The summed E-state index contributed by atoms with van der Waals surface area (Å²) in [6.07, 6.45) is 1.64. The van der Waals surface area contributed by atoms with Crippen molar-refractivity contribution in [3.8, 4) is 0 Å². The van der Waals surface area contributed by atoms with Gasteiger partial charge in [-0.1, -0.05) is 20.8 Å². The minimum absolute atomic E-state index is 0.0654. The molecule has 15 heavy (non-hydrogen) atoms. The Morgan fingerprint density at radius 1 is 1.27 bits per heavy atom. The van der Waals surface area contributed by atoms with Crippen LogP contribution in [0.1, 0.15) is 33.6 Å². The molecule has 0 radical (unpaired) electrons. The first-order valence-electron chi connectivity index (χ1n) is 5.57. The smallest absolute Gasteiger partial charge is 0.253 e. The molecule has 0 aliphatic carbocycles. The number of hydrogen-bond acceptors (Lipinski definition) is 3. The fourth-order valence-electron chi connectivity index (χ4n) is 2.05. The highest BCUT2D eigenvalue weighted by molar-refractivity contribution is 6.10. The van der Waals surface area contributed by atoms with Crippen LogP contribution in [0.3, 0.4) is 0 Å². The summed E-state index contributed by atoms with van der Waals surface area (Å²) in [4.78, 5) is 16.6. The third kappa shape index (κ3) is 1.78. The van der Waals surface area contributed by atoms with Gasteiger partial charge in [0.25, 0.3) is 5.91 Å². The van der Waals surface area contributed by atoms with E-state index in [4.69, 9.17) is 0 Å². The third-order valence-corrected chi connectivity index (χ3v) is 3.12. The molecule has 1 spiro atoms. The average Bonchev–Trinajstić information content (AvgIpc) is 2.45. The van der Waals surface area contributed by atoms with Gasteiger partial charge in [-0.2, -0.15) is 0 Å². The maximum Gasteiger partial charge on any atom is 0.253 e. The Morgan fingerprint density at radius 2 is 1.87 bits per heavy atom. The highest BCUT2D eigenvalue weighted by atomic mass is 16.2. The van der Waals surface area contributed by atoms with Gasteiger partial charge in [0.1, 0.15) is 11.4 Å². The molecule has 84 valence electrons. The van der Waals surface area contributed by atoms with Gasteiger partial charge < -0.3 is 10.6 Å². The van der Waals surface area contributed by atoms with Gasteiger partial charge in [-0.15, -0.1) is 0 Å². The van der Waals surface area contributed by atoms with Gasteiger partial charge in [0, 0.05) is 5.41 Å². The van der Waals surface area contributed by atoms with Crippen LogP contribution < -0.4 is 10.6 Å². The topological polar surface area (TPSA) is 53.5 Å². The van der Waals surface area contributed by atoms with E-state index in [0.29, 0.717) is 0 Å². The standard InChI is InChI=1S/C11H19N3O/c1-10(2,3)8-13-9(15)11(14-8)4-6-12-7-5-11/h12H,4-7H2,1-3H3,(H,13,14,15). The Hall–Kier alpha value is -0.900. The Kier molecular flexibility index (Phi) is 2.34. The van der Waals surface area contributed by atoms with Crippen molar-refractivity contribution < 1.29 is 4.79 Å². The molecule has 4 nitrogen and oxygen atoms in total. The molecule has 2 aliphatic rings. The molecule has 0 bridgehead atoms. The van der Waals surface area contributed by atoms with E-state index in [1.54, 1.807) is 0 Å². The second-order valence-corrected chi connectivity index (χ2v) is 5.45. The van der Waals surface area contributed by atoms with Crippen LogP contribution in [0.5, 0.6) is 0 Å². The monoisotopic (exact) mass is 209 g/mol. The molecule has 1 saturated heterocycles. The lowest BCUT2D eigenvalue weighted by molar-refractivity contribution is -0.124. The molecule has 2 rings (SSSR count). The minimum atomic E-state index is -0.464. The summed E-state index contributed by atoms with van der Waals surface area (Å²) in [6, 6.07) is 0. The first kappa shape index (κ1) is 10.6. The van der Waals surface area contributed by atoms with Crippen LogP contribution in [0.15, 0.2) is 4.99 Å². The van der Waals surface area contributed by atoms with Crippen LogP contribution in [-0.2, 0) is 4.79 Å². The first-order valence-corrected chi connectivity index (χ1v) is 5.57. The number of carbonyl (C=O) groups is 1. The van der Waals surface area contributed by atoms with Gasteiger partial charge in [0.05, 0.1) is 0 Å². The molecule has 0 aromatic heterocycles. The molecule has 1 fully saturated rings.